The fourth-order valence-corrected chi connectivity index (χ4v) is 3.60. The number of halogens is 1. The Kier molecular flexibility index (Phi) is 4.94. The Morgan fingerprint density at radius 1 is 1.30 bits per heavy atom. The summed E-state index contributed by atoms with van der Waals surface area (Å²) in [6.07, 6.45) is 0. The van der Waals surface area contributed by atoms with Crippen LogP contribution in [-0.2, 0) is 16.4 Å². The molecule has 1 aliphatic heterocycles. The van der Waals surface area contributed by atoms with Gasteiger partial charge in [-0.25, -0.2) is 8.42 Å². The Bertz CT molecular complexity index is 559. The SMILES string of the molecule is CC(C)NCc1ccc(N2CCS(=O)(=O)CC2)cc1Cl. The predicted molar refractivity (Wildman–Crippen MR) is 84.3 cm³/mol. The first-order valence-electron chi connectivity index (χ1n) is 6.84. The van der Waals surface area contributed by atoms with E-state index >= 15 is 0 Å². The van der Waals surface area contributed by atoms with Gasteiger partial charge in [-0.05, 0) is 17.7 Å². The molecule has 2 rings (SSSR count). The van der Waals surface area contributed by atoms with Crippen LogP contribution in [0.2, 0.25) is 5.02 Å². The molecule has 0 bridgehead atoms. The van der Waals surface area contributed by atoms with Gasteiger partial charge in [0.05, 0.1) is 11.5 Å². The summed E-state index contributed by atoms with van der Waals surface area (Å²) >= 11 is 6.30. The van der Waals surface area contributed by atoms with Crippen molar-refractivity contribution in [3.8, 4) is 0 Å². The molecule has 1 aromatic carbocycles. The number of nitrogens with one attached hydrogen (secondary N) is 1. The van der Waals surface area contributed by atoms with Crippen molar-refractivity contribution in [3.05, 3.63) is 28.8 Å². The highest BCUT2D eigenvalue weighted by Crippen LogP contribution is 2.25. The standard InChI is InChI=1S/C14H21ClN2O2S/c1-11(2)16-10-12-3-4-13(9-14(12)15)17-5-7-20(18,19)8-6-17/h3-4,9,11,16H,5-8,10H2,1-2H3. The van der Waals surface area contributed by atoms with Crippen molar-refractivity contribution in [2.75, 3.05) is 29.5 Å². The molecule has 0 radical (unpaired) electrons. The lowest BCUT2D eigenvalue weighted by Crippen LogP contribution is -2.40. The maximum atomic E-state index is 11.4. The lowest BCUT2D eigenvalue weighted by Gasteiger charge is -2.29. The van der Waals surface area contributed by atoms with Crippen LogP contribution in [0.25, 0.3) is 0 Å². The Morgan fingerprint density at radius 3 is 2.50 bits per heavy atom. The largest absolute Gasteiger partial charge is 0.369 e. The van der Waals surface area contributed by atoms with Crippen molar-refractivity contribution >= 4 is 27.1 Å². The average Bonchev–Trinajstić information content (AvgIpc) is 2.37. The molecule has 0 saturated carbocycles. The van der Waals surface area contributed by atoms with Gasteiger partial charge in [0.1, 0.15) is 0 Å². The molecule has 1 heterocycles. The van der Waals surface area contributed by atoms with Gasteiger partial charge in [0.2, 0.25) is 0 Å². The smallest absolute Gasteiger partial charge is 0.153 e. The van der Waals surface area contributed by atoms with Gasteiger partial charge in [0, 0.05) is 36.4 Å². The minimum atomic E-state index is -2.84. The first kappa shape index (κ1) is 15.6. The van der Waals surface area contributed by atoms with E-state index in [2.05, 4.69) is 24.1 Å². The molecule has 0 amide bonds. The monoisotopic (exact) mass is 316 g/mol. The molecular weight excluding hydrogens is 296 g/mol. The zero-order chi connectivity index (χ0) is 14.8. The fourth-order valence-electron chi connectivity index (χ4n) is 2.16. The van der Waals surface area contributed by atoms with E-state index in [1.54, 1.807) is 0 Å². The van der Waals surface area contributed by atoms with E-state index < -0.39 is 9.84 Å². The molecule has 6 heteroatoms. The summed E-state index contributed by atoms with van der Waals surface area (Å²) < 4.78 is 22.9. The fraction of sp³-hybridized carbons (Fsp3) is 0.571. The molecule has 4 nitrogen and oxygen atoms in total. The van der Waals surface area contributed by atoms with Crippen LogP contribution < -0.4 is 10.2 Å². The van der Waals surface area contributed by atoms with Crippen LogP contribution >= 0.6 is 11.6 Å². The molecule has 1 saturated heterocycles. The predicted octanol–water partition coefficient (Wildman–Crippen LogP) is 2.07. The number of nitrogens with zero attached hydrogens (tertiary/aromatic N) is 1. The molecule has 0 unspecified atom stereocenters. The van der Waals surface area contributed by atoms with Crippen molar-refractivity contribution in [2.24, 2.45) is 0 Å². The first-order valence-corrected chi connectivity index (χ1v) is 9.04. The minimum Gasteiger partial charge on any atom is -0.369 e. The maximum Gasteiger partial charge on any atom is 0.153 e. The Labute approximate surface area is 126 Å². The van der Waals surface area contributed by atoms with Crippen LogP contribution in [0.1, 0.15) is 19.4 Å². The van der Waals surface area contributed by atoms with Crippen molar-refractivity contribution in [1.82, 2.24) is 5.32 Å². The van der Waals surface area contributed by atoms with Gasteiger partial charge in [-0.3, -0.25) is 0 Å². The zero-order valence-electron chi connectivity index (χ0n) is 11.9. The van der Waals surface area contributed by atoms with Crippen LogP contribution in [0.5, 0.6) is 0 Å². The van der Waals surface area contributed by atoms with Crippen molar-refractivity contribution in [2.45, 2.75) is 26.4 Å². The van der Waals surface area contributed by atoms with E-state index in [0.29, 0.717) is 19.1 Å². The zero-order valence-corrected chi connectivity index (χ0v) is 13.5. The molecule has 1 aromatic rings. The summed E-state index contributed by atoms with van der Waals surface area (Å²) in [5, 5.41) is 4.06. The summed E-state index contributed by atoms with van der Waals surface area (Å²) in [5.41, 5.74) is 2.06. The molecule has 0 spiro atoms. The third-order valence-electron chi connectivity index (χ3n) is 3.45. The van der Waals surface area contributed by atoms with Crippen LogP contribution in [-0.4, -0.2) is 39.1 Å². The molecular formula is C14H21ClN2O2S. The summed E-state index contributed by atoms with van der Waals surface area (Å²) in [6.45, 7) is 6.02. The molecule has 1 fully saturated rings. The third kappa shape index (κ3) is 4.11. The van der Waals surface area contributed by atoms with Crippen LogP contribution in [0.15, 0.2) is 18.2 Å². The Balaban J connectivity index is 2.05. The van der Waals surface area contributed by atoms with E-state index in [0.717, 1.165) is 22.8 Å². The molecule has 1 aliphatic rings. The van der Waals surface area contributed by atoms with Gasteiger partial charge < -0.3 is 10.2 Å². The normalized spacial score (nSPS) is 18.5. The average molecular weight is 317 g/mol. The second-order valence-electron chi connectivity index (χ2n) is 5.45. The van der Waals surface area contributed by atoms with Crippen molar-refractivity contribution in [1.29, 1.82) is 0 Å². The minimum absolute atomic E-state index is 0.223. The lowest BCUT2D eigenvalue weighted by atomic mass is 10.2. The molecule has 1 N–H and O–H groups in total. The Hall–Kier alpha value is -0.780. The molecule has 0 atom stereocenters. The van der Waals surface area contributed by atoms with E-state index in [4.69, 9.17) is 11.6 Å². The van der Waals surface area contributed by atoms with Gasteiger partial charge in [-0.1, -0.05) is 31.5 Å². The number of rotatable bonds is 4. The number of anilines is 1. The van der Waals surface area contributed by atoms with Crippen molar-refractivity contribution in [3.63, 3.8) is 0 Å². The van der Waals surface area contributed by atoms with Crippen LogP contribution in [0, 0.1) is 0 Å². The lowest BCUT2D eigenvalue weighted by molar-refractivity contribution is 0.586. The third-order valence-corrected chi connectivity index (χ3v) is 5.41. The van der Waals surface area contributed by atoms with Gasteiger partial charge in [-0.2, -0.15) is 0 Å². The number of sulfone groups is 1. The molecule has 0 aliphatic carbocycles. The van der Waals surface area contributed by atoms with Crippen LogP contribution in [0.4, 0.5) is 5.69 Å². The van der Waals surface area contributed by atoms with Gasteiger partial charge in [0.25, 0.3) is 0 Å². The van der Waals surface area contributed by atoms with E-state index in [-0.39, 0.29) is 11.5 Å². The molecule has 20 heavy (non-hydrogen) atoms. The highest BCUT2D eigenvalue weighted by Gasteiger charge is 2.22. The Morgan fingerprint density at radius 2 is 1.95 bits per heavy atom. The topological polar surface area (TPSA) is 49.4 Å². The van der Waals surface area contributed by atoms with Gasteiger partial charge in [-0.15, -0.1) is 0 Å². The quantitative estimate of drug-likeness (QED) is 0.924. The number of hydrogen-bond acceptors (Lipinski definition) is 4. The van der Waals surface area contributed by atoms with Crippen molar-refractivity contribution < 1.29 is 8.42 Å². The number of hydrogen-bond donors (Lipinski definition) is 1. The van der Waals surface area contributed by atoms with Gasteiger partial charge in [0.15, 0.2) is 9.84 Å². The first-order chi connectivity index (χ1) is 9.37. The van der Waals surface area contributed by atoms with E-state index in [9.17, 15) is 8.42 Å². The van der Waals surface area contributed by atoms with Gasteiger partial charge >= 0.3 is 0 Å². The number of benzene rings is 1. The maximum absolute atomic E-state index is 11.4. The molecule has 0 aromatic heterocycles. The second-order valence-corrected chi connectivity index (χ2v) is 8.16. The summed E-state index contributed by atoms with van der Waals surface area (Å²) in [6, 6.07) is 6.37. The second kappa shape index (κ2) is 6.33. The van der Waals surface area contributed by atoms with Crippen LogP contribution in [0.3, 0.4) is 0 Å². The summed E-state index contributed by atoms with van der Waals surface area (Å²) in [4.78, 5) is 2.08. The highest BCUT2D eigenvalue weighted by atomic mass is 35.5. The highest BCUT2D eigenvalue weighted by molar-refractivity contribution is 7.91. The molecule has 112 valence electrons. The van der Waals surface area contributed by atoms with E-state index in [1.165, 1.54) is 0 Å². The summed E-state index contributed by atoms with van der Waals surface area (Å²) in [7, 11) is -2.84. The summed E-state index contributed by atoms with van der Waals surface area (Å²) in [5.74, 6) is 0.447. The van der Waals surface area contributed by atoms with E-state index in [1.807, 2.05) is 18.2 Å².